The third kappa shape index (κ3) is 2.45. The third-order valence-corrected chi connectivity index (χ3v) is 3.27. The smallest absolute Gasteiger partial charge is 0.298 e. The van der Waals surface area contributed by atoms with E-state index in [4.69, 9.17) is 10.2 Å². The summed E-state index contributed by atoms with van der Waals surface area (Å²) in [5.74, 6) is 0. The number of benzene rings is 2. The van der Waals surface area contributed by atoms with E-state index in [0.717, 1.165) is 24.2 Å². The minimum Gasteiger partial charge on any atom is -0.423 e. The minimum atomic E-state index is 0.636. The molecular formula is C16H17N3O. The van der Waals surface area contributed by atoms with Crippen LogP contribution in [0.4, 0.5) is 11.7 Å². The molecule has 0 atom stereocenters. The van der Waals surface area contributed by atoms with Gasteiger partial charge < -0.3 is 15.1 Å². The summed E-state index contributed by atoms with van der Waals surface area (Å²) in [4.78, 5) is 6.62. The van der Waals surface area contributed by atoms with Crippen molar-refractivity contribution in [3.8, 4) is 0 Å². The van der Waals surface area contributed by atoms with E-state index >= 15 is 0 Å². The SMILES string of the molecule is CCN(Cc1ccccc1)c1nc2cc(N)ccc2o1. The van der Waals surface area contributed by atoms with Gasteiger partial charge in [0.25, 0.3) is 6.01 Å². The number of oxazole rings is 1. The Kier molecular flexibility index (Phi) is 3.29. The summed E-state index contributed by atoms with van der Waals surface area (Å²) < 4.78 is 5.81. The van der Waals surface area contributed by atoms with Gasteiger partial charge in [-0.05, 0) is 30.7 Å². The molecule has 3 aromatic rings. The summed E-state index contributed by atoms with van der Waals surface area (Å²) in [5, 5.41) is 0. The van der Waals surface area contributed by atoms with Crippen molar-refractivity contribution in [2.24, 2.45) is 0 Å². The fourth-order valence-electron chi connectivity index (χ4n) is 2.19. The first-order chi connectivity index (χ1) is 9.76. The minimum absolute atomic E-state index is 0.636. The standard InChI is InChI=1S/C16H17N3O/c1-2-19(11-12-6-4-3-5-7-12)16-18-14-10-13(17)8-9-15(14)20-16/h3-10H,2,11,17H2,1H3. The summed E-state index contributed by atoms with van der Waals surface area (Å²) in [7, 11) is 0. The van der Waals surface area contributed by atoms with E-state index in [-0.39, 0.29) is 0 Å². The summed E-state index contributed by atoms with van der Waals surface area (Å²) in [6.07, 6.45) is 0. The maximum atomic E-state index is 5.81. The van der Waals surface area contributed by atoms with Crippen LogP contribution in [-0.4, -0.2) is 11.5 Å². The molecule has 0 spiro atoms. The molecule has 0 saturated heterocycles. The summed E-state index contributed by atoms with van der Waals surface area (Å²) in [6, 6.07) is 16.4. The lowest BCUT2D eigenvalue weighted by molar-refractivity contribution is 0.569. The molecule has 1 aromatic heterocycles. The van der Waals surface area contributed by atoms with E-state index in [1.807, 2.05) is 36.4 Å². The second kappa shape index (κ2) is 5.25. The molecule has 3 rings (SSSR count). The number of nitrogens with zero attached hydrogens (tertiary/aromatic N) is 2. The van der Waals surface area contributed by atoms with Gasteiger partial charge in [0, 0.05) is 18.8 Å². The Morgan fingerprint density at radius 1 is 1.15 bits per heavy atom. The first kappa shape index (κ1) is 12.5. The second-order valence-electron chi connectivity index (χ2n) is 4.72. The van der Waals surface area contributed by atoms with Gasteiger partial charge in [0.05, 0.1) is 0 Å². The van der Waals surface area contributed by atoms with Crippen molar-refractivity contribution >= 4 is 22.8 Å². The van der Waals surface area contributed by atoms with Gasteiger partial charge in [0.2, 0.25) is 0 Å². The van der Waals surface area contributed by atoms with Gasteiger partial charge in [-0.2, -0.15) is 4.98 Å². The highest BCUT2D eigenvalue weighted by atomic mass is 16.4. The molecule has 2 N–H and O–H groups in total. The molecule has 0 radical (unpaired) electrons. The number of hydrogen-bond acceptors (Lipinski definition) is 4. The Hall–Kier alpha value is -2.49. The molecule has 4 heteroatoms. The number of rotatable bonds is 4. The maximum absolute atomic E-state index is 5.81. The van der Waals surface area contributed by atoms with Gasteiger partial charge >= 0.3 is 0 Å². The van der Waals surface area contributed by atoms with Crippen LogP contribution in [0.15, 0.2) is 52.9 Å². The fourth-order valence-corrected chi connectivity index (χ4v) is 2.19. The predicted molar refractivity (Wildman–Crippen MR) is 81.6 cm³/mol. The molecule has 0 fully saturated rings. The Morgan fingerprint density at radius 2 is 1.95 bits per heavy atom. The fraction of sp³-hybridized carbons (Fsp3) is 0.188. The largest absolute Gasteiger partial charge is 0.423 e. The van der Waals surface area contributed by atoms with Gasteiger partial charge in [-0.15, -0.1) is 0 Å². The maximum Gasteiger partial charge on any atom is 0.298 e. The molecule has 0 aliphatic heterocycles. The van der Waals surface area contributed by atoms with E-state index in [2.05, 4.69) is 28.9 Å². The van der Waals surface area contributed by atoms with E-state index in [9.17, 15) is 0 Å². The van der Waals surface area contributed by atoms with Crippen LogP contribution in [0, 0.1) is 0 Å². The van der Waals surface area contributed by atoms with Gasteiger partial charge in [-0.1, -0.05) is 30.3 Å². The highest BCUT2D eigenvalue weighted by Gasteiger charge is 2.13. The lowest BCUT2D eigenvalue weighted by atomic mass is 10.2. The average molecular weight is 267 g/mol. The molecule has 20 heavy (non-hydrogen) atoms. The normalized spacial score (nSPS) is 10.8. The lowest BCUT2D eigenvalue weighted by Gasteiger charge is -2.18. The van der Waals surface area contributed by atoms with Crippen LogP contribution < -0.4 is 10.6 Å². The van der Waals surface area contributed by atoms with Crippen LogP contribution in [0.1, 0.15) is 12.5 Å². The molecule has 1 heterocycles. The quantitative estimate of drug-likeness (QED) is 0.736. The van der Waals surface area contributed by atoms with Crippen molar-refractivity contribution in [1.82, 2.24) is 4.98 Å². The Labute approximate surface area is 117 Å². The van der Waals surface area contributed by atoms with Crippen LogP contribution in [-0.2, 0) is 6.54 Å². The first-order valence-electron chi connectivity index (χ1n) is 6.71. The first-order valence-corrected chi connectivity index (χ1v) is 6.71. The molecule has 0 amide bonds. The van der Waals surface area contributed by atoms with E-state index in [1.165, 1.54) is 5.56 Å². The zero-order valence-corrected chi connectivity index (χ0v) is 11.4. The van der Waals surface area contributed by atoms with Crippen LogP contribution in [0.25, 0.3) is 11.1 Å². The molecule has 4 nitrogen and oxygen atoms in total. The highest BCUT2D eigenvalue weighted by Crippen LogP contribution is 2.24. The predicted octanol–water partition coefficient (Wildman–Crippen LogP) is 3.44. The van der Waals surface area contributed by atoms with Crippen molar-refractivity contribution in [2.75, 3.05) is 17.2 Å². The van der Waals surface area contributed by atoms with Gasteiger partial charge in [-0.3, -0.25) is 0 Å². The van der Waals surface area contributed by atoms with Gasteiger partial charge in [0.1, 0.15) is 5.52 Å². The number of fused-ring (bicyclic) bond motifs is 1. The summed E-state index contributed by atoms with van der Waals surface area (Å²) in [5.41, 5.74) is 9.26. The van der Waals surface area contributed by atoms with E-state index in [0.29, 0.717) is 11.7 Å². The lowest BCUT2D eigenvalue weighted by Crippen LogP contribution is -2.22. The zero-order valence-electron chi connectivity index (χ0n) is 11.4. The van der Waals surface area contributed by atoms with Crippen molar-refractivity contribution in [3.63, 3.8) is 0 Å². The molecule has 0 aliphatic carbocycles. The van der Waals surface area contributed by atoms with Crippen molar-refractivity contribution in [1.29, 1.82) is 0 Å². The number of hydrogen-bond donors (Lipinski definition) is 1. The molecule has 0 saturated carbocycles. The van der Waals surface area contributed by atoms with Gasteiger partial charge in [-0.25, -0.2) is 0 Å². The van der Waals surface area contributed by atoms with Gasteiger partial charge in [0.15, 0.2) is 5.58 Å². The van der Waals surface area contributed by atoms with Crippen LogP contribution in [0.2, 0.25) is 0 Å². The van der Waals surface area contributed by atoms with Crippen molar-refractivity contribution in [3.05, 3.63) is 54.1 Å². The molecule has 0 unspecified atom stereocenters. The molecular weight excluding hydrogens is 250 g/mol. The zero-order chi connectivity index (χ0) is 13.9. The summed E-state index contributed by atoms with van der Waals surface area (Å²) >= 11 is 0. The Bertz CT molecular complexity index is 706. The highest BCUT2D eigenvalue weighted by molar-refractivity contribution is 5.78. The van der Waals surface area contributed by atoms with E-state index < -0.39 is 0 Å². The summed E-state index contributed by atoms with van der Waals surface area (Å²) in [6.45, 7) is 3.70. The molecule has 102 valence electrons. The third-order valence-electron chi connectivity index (χ3n) is 3.27. The monoisotopic (exact) mass is 267 g/mol. The number of aromatic nitrogens is 1. The second-order valence-corrected chi connectivity index (χ2v) is 4.72. The number of nitrogens with two attached hydrogens (primary N) is 1. The number of nitrogen functional groups attached to an aromatic ring is 1. The van der Waals surface area contributed by atoms with Crippen LogP contribution in [0.5, 0.6) is 0 Å². The Morgan fingerprint density at radius 3 is 2.70 bits per heavy atom. The van der Waals surface area contributed by atoms with Crippen LogP contribution >= 0.6 is 0 Å². The van der Waals surface area contributed by atoms with Crippen molar-refractivity contribution in [2.45, 2.75) is 13.5 Å². The molecule has 0 aliphatic rings. The topological polar surface area (TPSA) is 55.3 Å². The van der Waals surface area contributed by atoms with Crippen LogP contribution in [0.3, 0.4) is 0 Å². The number of anilines is 2. The van der Waals surface area contributed by atoms with E-state index in [1.54, 1.807) is 0 Å². The molecule has 2 aromatic carbocycles. The molecule has 0 bridgehead atoms. The van der Waals surface area contributed by atoms with Crippen molar-refractivity contribution < 1.29 is 4.42 Å². The average Bonchev–Trinajstić information content (AvgIpc) is 2.88. The Balaban J connectivity index is 1.91.